The van der Waals surface area contributed by atoms with Crippen LogP contribution < -0.4 is 10.5 Å². The molecule has 2 N–H and O–H groups in total. The molecule has 1 aromatic heterocycles. The first-order valence-corrected chi connectivity index (χ1v) is 7.09. The Labute approximate surface area is 120 Å². The number of benzene rings is 1. The molecule has 0 fully saturated rings. The molecule has 0 bridgehead atoms. The highest BCUT2D eigenvalue weighted by molar-refractivity contribution is 5.31. The molecule has 0 aliphatic heterocycles. The Balaban J connectivity index is 2.27. The zero-order valence-corrected chi connectivity index (χ0v) is 12.2. The van der Waals surface area contributed by atoms with Gasteiger partial charge in [-0.25, -0.2) is 0 Å². The van der Waals surface area contributed by atoms with Crippen molar-refractivity contribution >= 4 is 0 Å². The Kier molecular flexibility index (Phi) is 4.74. The van der Waals surface area contributed by atoms with Crippen LogP contribution in [-0.2, 0) is 12.0 Å². The van der Waals surface area contributed by atoms with Crippen LogP contribution in [-0.4, -0.2) is 11.6 Å². The maximum Gasteiger partial charge on any atom is 0.137 e. The van der Waals surface area contributed by atoms with E-state index in [2.05, 4.69) is 24.0 Å². The van der Waals surface area contributed by atoms with E-state index in [9.17, 15) is 0 Å². The molecule has 20 heavy (non-hydrogen) atoms. The second-order valence-corrected chi connectivity index (χ2v) is 5.01. The van der Waals surface area contributed by atoms with Gasteiger partial charge in [0.05, 0.1) is 12.8 Å². The molecule has 0 aliphatic rings. The van der Waals surface area contributed by atoms with Gasteiger partial charge >= 0.3 is 0 Å². The van der Waals surface area contributed by atoms with Crippen molar-refractivity contribution in [3.63, 3.8) is 0 Å². The average molecular weight is 270 g/mol. The molecular formula is C17H22N2O. The van der Waals surface area contributed by atoms with Crippen LogP contribution in [0, 0.1) is 0 Å². The van der Waals surface area contributed by atoms with Crippen molar-refractivity contribution in [1.82, 2.24) is 4.98 Å². The highest BCUT2D eigenvalue weighted by Crippen LogP contribution is 2.28. The van der Waals surface area contributed by atoms with E-state index in [0.29, 0.717) is 6.61 Å². The van der Waals surface area contributed by atoms with Gasteiger partial charge in [0.15, 0.2) is 0 Å². The highest BCUT2D eigenvalue weighted by atomic mass is 16.5. The molecule has 106 valence electrons. The van der Waals surface area contributed by atoms with Gasteiger partial charge in [-0.15, -0.1) is 0 Å². The third-order valence-corrected chi connectivity index (χ3v) is 3.59. The highest BCUT2D eigenvalue weighted by Gasteiger charge is 2.26. The summed E-state index contributed by atoms with van der Waals surface area (Å²) >= 11 is 0. The number of hydrogen-bond acceptors (Lipinski definition) is 3. The van der Waals surface area contributed by atoms with Crippen LogP contribution in [0.5, 0.6) is 5.75 Å². The lowest BCUT2D eigenvalue weighted by atomic mass is 9.83. The lowest BCUT2D eigenvalue weighted by molar-refractivity contribution is 0.335. The molecule has 1 unspecified atom stereocenters. The molecule has 1 aromatic carbocycles. The Morgan fingerprint density at radius 1 is 1.15 bits per heavy atom. The van der Waals surface area contributed by atoms with Crippen LogP contribution in [0.1, 0.15) is 31.4 Å². The zero-order chi connectivity index (χ0) is 14.4. The first kappa shape index (κ1) is 14.5. The molecule has 2 aromatic rings. The van der Waals surface area contributed by atoms with E-state index in [0.717, 1.165) is 24.2 Å². The van der Waals surface area contributed by atoms with E-state index < -0.39 is 5.54 Å². The lowest BCUT2D eigenvalue weighted by Crippen LogP contribution is -2.38. The van der Waals surface area contributed by atoms with Crippen LogP contribution in [0.3, 0.4) is 0 Å². The average Bonchev–Trinajstić information content (AvgIpc) is 2.49. The number of pyridine rings is 1. The van der Waals surface area contributed by atoms with Crippen LogP contribution in [0.25, 0.3) is 0 Å². The Morgan fingerprint density at radius 3 is 2.55 bits per heavy atom. The minimum Gasteiger partial charge on any atom is -0.492 e. The van der Waals surface area contributed by atoms with Gasteiger partial charge in [0.1, 0.15) is 5.75 Å². The predicted octanol–water partition coefficient (Wildman–Crippen LogP) is 3.29. The van der Waals surface area contributed by atoms with Crippen molar-refractivity contribution in [3.05, 3.63) is 59.9 Å². The standard InChI is InChI=1S/C17H22N2O/c1-3-17(18,11-14-8-6-5-7-9-14)15-10-16(20-4-2)13-19-12-15/h5-10,12-13H,3-4,11,18H2,1-2H3. The summed E-state index contributed by atoms with van der Waals surface area (Å²) in [4.78, 5) is 4.25. The summed E-state index contributed by atoms with van der Waals surface area (Å²) < 4.78 is 5.52. The van der Waals surface area contributed by atoms with Gasteiger partial charge in [0, 0.05) is 11.7 Å². The second-order valence-electron chi connectivity index (χ2n) is 5.01. The Hall–Kier alpha value is -1.87. The van der Waals surface area contributed by atoms with E-state index in [4.69, 9.17) is 10.5 Å². The summed E-state index contributed by atoms with van der Waals surface area (Å²) in [6, 6.07) is 12.3. The molecule has 2 rings (SSSR count). The molecule has 0 radical (unpaired) electrons. The molecular weight excluding hydrogens is 248 g/mol. The maximum atomic E-state index is 6.62. The van der Waals surface area contributed by atoms with Gasteiger partial charge in [-0.1, -0.05) is 37.3 Å². The molecule has 3 heteroatoms. The fraction of sp³-hybridized carbons (Fsp3) is 0.353. The van der Waals surface area contributed by atoms with Crippen molar-refractivity contribution in [1.29, 1.82) is 0 Å². The molecule has 0 aliphatic carbocycles. The van der Waals surface area contributed by atoms with E-state index >= 15 is 0 Å². The lowest BCUT2D eigenvalue weighted by Gasteiger charge is -2.29. The number of rotatable bonds is 6. The van der Waals surface area contributed by atoms with Crippen molar-refractivity contribution < 1.29 is 4.74 Å². The van der Waals surface area contributed by atoms with Crippen LogP contribution in [0.15, 0.2) is 48.8 Å². The van der Waals surface area contributed by atoms with E-state index in [1.54, 1.807) is 6.20 Å². The third-order valence-electron chi connectivity index (χ3n) is 3.59. The van der Waals surface area contributed by atoms with Crippen LogP contribution in [0.2, 0.25) is 0 Å². The van der Waals surface area contributed by atoms with E-state index in [1.807, 2.05) is 37.4 Å². The summed E-state index contributed by atoms with van der Waals surface area (Å²) in [5.41, 5.74) is 8.46. The number of aromatic nitrogens is 1. The topological polar surface area (TPSA) is 48.1 Å². The van der Waals surface area contributed by atoms with Crippen molar-refractivity contribution in [3.8, 4) is 5.75 Å². The number of ether oxygens (including phenoxy) is 1. The minimum atomic E-state index is -0.415. The normalized spacial score (nSPS) is 13.8. The Bertz CT molecular complexity index is 542. The summed E-state index contributed by atoms with van der Waals surface area (Å²) in [6.45, 7) is 4.70. The van der Waals surface area contributed by atoms with Gasteiger partial charge in [-0.2, -0.15) is 0 Å². The van der Waals surface area contributed by atoms with Crippen molar-refractivity contribution in [2.75, 3.05) is 6.61 Å². The monoisotopic (exact) mass is 270 g/mol. The van der Waals surface area contributed by atoms with Crippen molar-refractivity contribution in [2.45, 2.75) is 32.2 Å². The number of nitrogens with two attached hydrogens (primary N) is 1. The molecule has 1 heterocycles. The second kappa shape index (κ2) is 6.53. The van der Waals surface area contributed by atoms with Crippen LogP contribution >= 0.6 is 0 Å². The zero-order valence-electron chi connectivity index (χ0n) is 12.2. The number of hydrogen-bond donors (Lipinski definition) is 1. The van der Waals surface area contributed by atoms with Gasteiger partial charge < -0.3 is 10.5 Å². The van der Waals surface area contributed by atoms with Crippen LogP contribution in [0.4, 0.5) is 0 Å². The largest absolute Gasteiger partial charge is 0.492 e. The van der Waals surface area contributed by atoms with Gasteiger partial charge in [0.25, 0.3) is 0 Å². The first-order chi connectivity index (χ1) is 9.68. The fourth-order valence-corrected chi connectivity index (χ4v) is 2.33. The summed E-state index contributed by atoms with van der Waals surface area (Å²) in [5.74, 6) is 0.779. The smallest absolute Gasteiger partial charge is 0.137 e. The molecule has 0 spiro atoms. The van der Waals surface area contributed by atoms with E-state index in [1.165, 1.54) is 5.56 Å². The molecule has 1 atom stereocenters. The number of nitrogens with zero attached hydrogens (tertiary/aromatic N) is 1. The first-order valence-electron chi connectivity index (χ1n) is 7.09. The predicted molar refractivity (Wildman–Crippen MR) is 81.7 cm³/mol. The van der Waals surface area contributed by atoms with Gasteiger partial charge in [-0.3, -0.25) is 4.98 Å². The molecule has 0 amide bonds. The summed E-state index contributed by atoms with van der Waals surface area (Å²) in [6.07, 6.45) is 5.21. The quantitative estimate of drug-likeness (QED) is 0.876. The molecule has 0 saturated carbocycles. The summed E-state index contributed by atoms with van der Waals surface area (Å²) in [7, 11) is 0. The third kappa shape index (κ3) is 3.36. The van der Waals surface area contributed by atoms with E-state index in [-0.39, 0.29) is 0 Å². The fourth-order valence-electron chi connectivity index (χ4n) is 2.33. The molecule has 0 saturated heterocycles. The summed E-state index contributed by atoms with van der Waals surface area (Å²) in [5, 5.41) is 0. The minimum absolute atomic E-state index is 0.415. The van der Waals surface area contributed by atoms with Gasteiger partial charge in [0.2, 0.25) is 0 Å². The SMILES string of the molecule is CCOc1cncc(C(N)(CC)Cc2ccccc2)c1. The molecule has 3 nitrogen and oxygen atoms in total. The van der Waals surface area contributed by atoms with Crippen molar-refractivity contribution in [2.24, 2.45) is 5.73 Å². The Morgan fingerprint density at radius 2 is 1.90 bits per heavy atom. The maximum absolute atomic E-state index is 6.62. The van der Waals surface area contributed by atoms with Gasteiger partial charge in [-0.05, 0) is 37.0 Å².